The number of halogens is 1. The summed E-state index contributed by atoms with van der Waals surface area (Å²) in [6, 6.07) is 11.2. The van der Waals surface area contributed by atoms with Gasteiger partial charge in [0.05, 0.1) is 7.11 Å². The summed E-state index contributed by atoms with van der Waals surface area (Å²) in [5.41, 5.74) is 2.27. The summed E-state index contributed by atoms with van der Waals surface area (Å²) in [7, 11) is 0.0247. The van der Waals surface area contributed by atoms with Gasteiger partial charge in [0, 0.05) is 27.0 Å². The molecule has 1 aromatic heterocycles. The molecular formula is C22H25ClN2O3S2. The van der Waals surface area contributed by atoms with Crippen LogP contribution in [0.3, 0.4) is 0 Å². The van der Waals surface area contributed by atoms with Gasteiger partial charge in [-0.05, 0) is 80.7 Å². The quantitative estimate of drug-likeness (QED) is 0.516. The van der Waals surface area contributed by atoms with Gasteiger partial charge >= 0.3 is 0 Å². The molecule has 1 aliphatic heterocycles. The van der Waals surface area contributed by atoms with Crippen molar-refractivity contribution in [2.24, 2.45) is 0 Å². The minimum atomic E-state index is -3.73. The molecule has 1 unspecified atom stereocenters. The smallest absolute Gasteiger partial charge is 0.271 e. The Labute approximate surface area is 186 Å². The number of sulfonamides is 1. The maximum absolute atomic E-state index is 13.2. The van der Waals surface area contributed by atoms with Gasteiger partial charge < -0.3 is 4.74 Å². The minimum absolute atomic E-state index is 0.214. The normalized spacial score (nSPS) is 17.9. The van der Waals surface area contributed by atoms with Gasteiger partial charge in [-0.15, -0.1) is 11.3 Å². The fraction of sp³-hybridized carbons (Fsp3) is 0.364. The summed E-state index contributed by atoms with van der Waals surface area (Å²) < 4.78 is 36.0. The van der Waals surface area contributed by atoms with Crippen molar-refractivity contribution in [2.45, 2.75) is 36.4 Å². The molecule has 0 aliphatic carbocycles. The molecule has 4 rings (SSSR count). The zero-order valence-electron chi connectivity index (χ0n) is 17.2. The van der Waals surface area contributed by atoms with Crippen molar-refractivity contribution < 1.29 is 13.2 Å². The topological polar surface area (TPSA) is 58.6 Å². The summed E-state index contributed by atoms with van der Waals surface area (Å²) in [6.45, 7) is 2.84. The van der Waals surface area contributed by atoms with Gasteiger partial charge in [-0.1, -0.05) is 18.0 Å². The van der Waals surface area contributed by atoms with Crippen molar-refractivity contribution in [3.63, 3.8) is 0 Å². The van der Waals surface area contributed by atoms with Crippen molar-refractivity contribution >= 4 is 48.7 Å². The predicted molar refractivity (Wildman–Crippen MR) is 125 cm³/mol. The fourth-order valence-electron chi connectivity index (χ4n) is 4.15. The third kappa shape index (κ3) is 4.04. The van der Waals surface area contributed by atoms with E-state index in [1.165, 1.54) is 17.8 Å². The third-order valence-corrected chi connectivity index (χ3v) is 9.22. The SMILES string of the molecule is COc1ccc(NS(=O)(=O)c2sc3ccc(Cl)cc3c2C)cc1C1CCCCN1C. The molecule has 2 heterocycles. The first kappa shape index (κ1) is 21.4. The first-order valence-electron chi connectivity index (χ1n) is 9.90. The van der Waals surface area contributed by atoms with E-state index in [1.807, 2.05) is 31.2 Å². The molecule has 30 heavy (non-hydrogen) atoms. The summed E-state index contributed by atoms with van der Waals surface area (Å²) in [4.78, 5) is 2.31. The van der Waals surface area contributed by atoms with Crippen LogP contribution in [0.15, 0.2) is 40.6 Å². The summed E-state index contributed by atoms with van der Waals surface area (Å²) >= 11 is 7.36. The summed E-state index contributed by atoms with van der Waals surface area (Å²) in [5, 5.41) is 1.46. The van der Waals surface area contributed by atoms with Crippen LogP contribution in [0.4, 0.5) is 5.69 Å². The van der Waals surface area contributed by atoms with Crippen LogP contribution in [-0.2, 0) is 10.0 Å². The lowest BCUT2D eigenvalue weighted by molar-refractivity contribution is 0.184. The van der Waals surface area contributed by atoms with Crippen molar-refractivity contribution in [3.8, 4) is 5.75 Å². The second-order valence-electron chi connectivity index (χ2n) is 7.71. The Morgan fingerprint density at radius 3 is 2.73 bits per heavy atom. The van der Waals surface area contributed by atoms with Gasteiger partial charge in [0.25, 0.3) is 10.0 Å². The number of rotatable bonds is 5. The van der Waals surface area contributed by atoms with Crippen molar-refractivity contribution in [1.29, 1.82) is 0 Å². The number of anilines is 1. The number of thiophene rings is 1. The highest BCUT2D eigenvalue weighted by Crippen LogP contribution is 2.39. The third-order valence-electron chi connectivity index (χ3n) is 5.71. The van der Waals surface area contributed by atoms with E-state index < -0.39 is 10.0 Å². The van der Waals surface area contributed by atoms with E-state index in [0.717, 1.165) is 40.8 Å². The molecule has 8 heteroatoms. The van der Waals surface area contributed by atoms with Gasteiger partial charge in [-0.3, -0.25) is 9.62 Å². The molecule has 1 saturated heterocycles. The molecule has 5 nitrogen and oxygen atoms in total. The first-order valence-corrected chi connectivity index (χ1v) is 12.6. The Morgan fingerprint density at radius 1 is 1.20 bits per heavy atom. The van der Waals surface area contributed by atoms with Crippen LogP contribution in [0.2, 0.25) is 5.02 Å². The second kappa shape index (κ2) is 8.38. The molecule has 0 spiro atoms. The first-order chi connectivity index (χ1) is 14.3. The molecule has 1 atom stereocenters. The molecule has 1 aliphatic rings. The Bertz CT molecular complexity index is 1190. The lowest BCUT2D eigenvalue weighted by atomic mass is 9.95. The highest BCUT2D eigenvalue weighted by Gasteiger charge is 2.26. The highest BCUT2D eigenvalue weighted by molar-refractivity contribution is 7.94. The van der Waals surface area contributed by atoms with Crippen LogP contribution in [-0.4, -0.2) is 34.0 Å². The van der Waals surface area contributed by atoms with Gasteiger partial charge in [-0.25, -0.2) is 8.42 Å². The molecule has 1 fully saturated rings. The van der Waals surface area contributed by atoms with Gasteiger partial charge in [0.15, 0.2) is 0 Å². The Hall–Kier alpha value is -1.80. The molecule has 2 aromatic carbocycles. The van der Waals surface area contributed by atoms with Crippen molar-refractivity contribution in [3.05, 3.63) is 52.5 Å². The van der Waals surface area contributed by atoms with E-state index in [-0.39, 0.29) is 6.04 Å². The van der Waals surface area contributed by atoms with Crippen molar-refractivity contribution in [1.82, 2.24) is 4.90 Å². The molecule has 0 saturated carbocycles. The van der Waals surface area contributed by atoms with E-state index >= 15 is 0 Å². The van der Waals surface area contributed by atoms with Crippen LogP contribution in [0.5, 0.6) is 5.75 Å². The number of aryl methyl sites for hydroxylation is 1. The van der Waals surface area contributed by atoms with Gasteiger partial charge in [0.1, 0.15) is 9.96 Å². The summed E-state index contributed by atoms with van der Waals surface area (Å²) in [5.74, 6) is 0.782. The minimum Gasteiger partial charge on any atom is -0.496 e. The van der Waals surface area contributed by atoms with Crippen LogP contribution in [0.25, 0.3) is 10.1 Å². The highest BCUT2D eigenvalue weighted by atomic mass is 35.5. The van der Waals surface area contributed by atoms with Crippen LogP contribution < -0.4 is 9.46 Å². The Balaban J connectivity index is 1.70. The molecule has 3 aromatic rings. The number of benzene rings is 2. The van der Waals surface area contributed by atoms with E-state index in [0.29, 0.717) is 20.5 Å². The molecule has 0 radical (unpaired) electrons. The number of hydrogen-bond acceptors (Lipinski definition) is 5. The number of nitrogens with one attached hydrogen (secondary N) is 1. The van der Waals surface area contributed by atoms with Crippen LogP contribution in [0.1, 0.15) is 36.4 Å². The molecule has 160 valence electrons. The van der Waals surface area contributed by atoms with Gasteiger partial charge in [0.2, 0.25) is 0 Å². The fourth-order valence-corrected chi connectivity index (χ4v) is 7.12. The van der Waals surface area contributed by atoms with Gasteiger partial charge in [-0.2, -0.15) is 0 Å². The van der Waals surface area contributed by atoms with Crippen molar-refractivity contribution in [2.75, 3.05) is 25.4 Å². The largest absolute Gasteiger partial charge is 0.496 e. The maximum atomic E-state index is 13.2. The van der Waals surface area contributed by atoms with Crippen LogP contribution >= 0.6 is 22.9 Å². The van der Waals surface area contributed by atoms with E-state index in [1.54, 1.807) is 19.2 Å². The monoisotopic (exact) mass is 464 g/mol. The number of fused-ring (bicyclic) bond motifs is 1. The average molecular weight is 465 g/mol. The summed E-state index contributed by atoms with van der Waals surface area (Å²) in [6.07, 6.45) is 3.35. The van der Waals surface area contributed by atoms with E-state index in [9.17, 15) is 8.42 Å². The number of piperidine rings is 1. The molecule has 0 bridgehead atoms. The number of nitrogens with zero attached hydrogens (tertiary/aromatic N) is 1. The second-order valence-corrected chi connectivity index (χ2v) is 11.1. The Morgan fingerprint density at radius 2 is 2.00 bits per heavy atom. The lowest BCUT2D eigenvalue weighted by Gasteiger charge is -2.33. The molecule has 1 N–H and O–H groups in total. The molecule has 0 amide bonds. The van der Waals surface area contributed by atoms with Crippen LogP contribution in [0, 0.1) is 6.92 Å². The van der Waals surface area contributed by atoms with E-state index in [4.69, 9.17) is 16.3 Å². The van der Waals surface area contributed by atoms with E-state index in [2.05, 4.69) is 16.7 Å². The zero-order chi connectivity index (χ0) is 21.5. The Kier molecular flexibility index (Phi) is 5.99. The predicted octanol–water partition coefficient (Wildman–Crippen LogP) is 5.83. The standard InChI is InChI=1S/C22H25ClN2O3S2/c1-14-17-12-15(23)7-10-21(17)29-22(14)30(26,27)24-16-8-9-20(28-3)18(13-16)19-6-4-5-11-25(19)2/h7-10,12-13,19,24H,4-6,11H2,1-3H3. The zero-order valence-corrected chi connectivity index (χ0v) is 19.6. The maximum Gasteiger partial charge on any atom is 0.271 e. The number of methoxy groups -OCH3 is 1. The number of ether oxygens (including phenoxy) is 1. The number of likely N-dealkylation sites (tertiary alicyclic amines) is 1. The lowest BCUT2D eigenvalue weighted by Crippen LogP contribution is -2.30. The average Bonchev–Trinajstić information content (AvgIpc) is 3.05. The number of hydrogen-bond donors (Lipinski definition) is 1. The molecular weight excluding hydrogens is 440 g/mol.